The van der Waals surface area contributed by atoms with E-state index >= 15 is 0 Å². The normalized spacial score (nSPS) is 19.7. The molecule has 2 aliphatic rings. The number of rotatable bonds is 1. The molecule has 4 nitrogen and oxygen atoms in total. The molecule has 0 amide bonds. The number of nitrogens with two attached hydrogens (primary N) is 1. The Morgan fingerprint density at radius 1 is 1.06 bits per heavy atom. The molecule has 0 saturated carbocycles. The van der Waals surface area contributed by atoms with Gasteiger partial charge in [-0.2, -0.15) is 5.10 Å². The van der Waals surface area contributed by atoms with E-state index in [0.29, 0.717) is 0 Å². The van der Waals surface area contributed by atoms with E-state index < -0.39 is 0 Å². The number of hydrogen-bond donors (Lipinski definition) is 1. The lowest BCUT2D eigenvalue weighted by molar-refractivity contribution is 0.528. The third-order valence-electron chi connectivity index (χ3n) is 3.21. The Kier molecular flexibility index (Phi) is 3.23. The van der Waals surface area contributed by atoms with E-state index in [9.17, 15) is 0 Å². The highest BCUT2D eigenvalue weighted by molar-refractivity contribution is 8.14. The molecule has 0 radical (unpaired) electrons. The van der Waals surface area contributed by atoms with E-state index in [1.807, 2.05) is 24.3 Å². The molecule has 2 N–H and O–H groups in total. The lowest BCUT2D eigenvalue weighted by atomic mass is 10.1. The molecular weight excluding hydrogens is 244 g/mol. The Balaban J connectivity index is 1.77. The largest absolute Gasteiger partial charge is 0.399 e. The summed E-state index contributed by atoms with van der Waals surface area (Å²) in [7, 11) is 0. The highest BCUT2D eigenvalue weighted by atomic mass is 32.2. The Morgan fingerprint density at radius 3 is 2.39 bits per heavy atom. The molecular formula is C13H16N4S. The summed E-state index contributed by atoms with van der Waals surface area (Å²) < 4.78 is 0. The van der Waals surface area contributed by atoms with Crippen LogP contribution in [0.15, 0.2) is 34.5 Å². The molecule has 1 fully saturated rings. The van der Waals surface area contributed by atoms with E-state index in [2.05, 4.69) is 15.1 Å². The van der Waals surface area contributed by atoms with Gasteiger partial charge in [-0.3, -0.25) is 0 Å². The number of nitrogen functional groups attached to an aromatic ring is 1. The number of amidine groups is 1. The fraction of sp³-hybridized carbons (Fsp3) is 0.385. The molecule has 0 spiro atoms. The lowest BCUT2D eigenvalue weighted by Gasteiger charge is -2.20. The molecule has 1 saturated heterocycles. The zero-order chi connectivity index (χ0) is 12.4. The summed E-state index contributed by atoms with van der Waals surface area (Å²) in [4.78, 5) is 2.33. The van der Waals surface area contributed by atoms with Crippen molar-refractivity contribution >= 4 is 28.3 Å². The summed E-state index contributed by atoms with van der Waals surface area (Å²) in [6, 6.07) is 7.82. The number of likely N-dealkylation sites (tertiary alicyclic amines) is 1. The van der Waals surface area contributed by atoms with Crippen LogP contribution in [0, 0.1) is 0 Å². The summed E-state index contributed by atoms with van der Waals surface area (Å²) >= 11 is 1.78. The van der Waals surface area contributed by atoms with Crippen molar-refractivity contribution in [2.45, 2.75) is 12.8 Å². The predicted molar refractivity (Wildman–Crippen MR) is 78.1 cm³/mol. The van der Waals surface area contributed by atoms with Crippen LogP contribution in [0.1, 0.15) is 18.4 Å². The van der Waals surface area contributed by atoms with Crippen molar-refractivity contribution in [2.24, 2.45) is 10.2 Å². The van der Waals surface area contributed by atoms with Crippen LogP contribution >= 0.6 is 11.8 Å². The number of nitrogens with zero attached hydrogens (tertiary/aromatic N) is 3. The summed E-state index contributed by atoms with van der Waals surface area (Å²) in [5.41, 5.74) is 8.61. The maximum atomic E-state index is 5.68. The Labute approximate surface area is 111 Å². The molecule has 18 heavy (non-hydrogen) atoms. The van der Waals surface area contributed by atoms with E-state index in [1.165, 1.54) is 12.8 Å². The molecule has 2 heterocycles. The molecule has 5 heteroatoms. The second kappa shape index (κ2) is 5.02. The molecule has 0 unspecified atom stereocenters. The monoisotopic (exact) mass is 260 g/mol. The lowest BCUT2D eigenvalue weighted by Crippen LogP contribution is -2.27. The van der Waals surface area contributed by atoms with Crippen molar-refractivity contribution in [3.8, 4) is 0 Å². The second-order valence-corrected chi connectivity index (χ2v) is 5.48. The SMILES string of the molecule is Nc1ccc(C2=NN=C(N3CCCC3)SC2)cc1. The van der Waals surface area contributed by atoms with Crippen LogP contribution in [0.3, 0.4) is 0 Å². The second-order valence-electron chi connectivity index (χ2n) is 4.53. The Hall–Kier alpha value is -1.49. The fourth-order valence-corrected chi connectivity index (χ4v) is 3.13. The Morgan fingerprint density at radius 2 is 1.78 bits per heavy atom. The van der Waals surface area contributed by atoms with Gasteiger partial charge in [0.2, 0.25) is 0 Å². The molecule has 0 bridgehead atoms. The van der Waals surface area contributed by atoms with Crippen LogP contribution in [0.25, 0.3) is 0 Å². The fourth-order valence-electron chi connectivity index (χ4n) is 2.17. The zero-order valence-corrected chi connectivity index (χ0v) is 11.0. The van der Waals surface area contributed by atoms with Gasteiger partial charge < -0.3 is 10.6 Å². The van der Waals surface area contributed by atoms with Crippen LogP contribution in [-0.2, 0) is 0 Å². The van der Waals surface area contributed by atoms with Crippen LogP contribution in [0.2, 0.25) is 0 Å². The van der Waals surface area contributed by atoms with E-state index in [0.717, 1.165) is 41.0 Å². The van der Waals surface area contributed by atoms with Gasteiger partial charge >= 0.3 is 0 Å². The highest BCUT2D eigenvalue weighted by Gasteiger charge is 2.20. The van der Waals surface area contributed by atoms with Crippen LogP contribution < -0.4 is 5.73 Å². The van der Waals surface area contributed by atoms with Crippen molar-refractivity contribution < 1.29 is 0 Å². The summed E-state index contributed by atoms with van der Waals surface area (Å²) in [5.74, 6) is 0.888. The minimum atomic E-state index is 0.782. The number of hydrogen-bond acceptors (Lipinski definition) is 5. The Bertz CT molecular complexity index is 486. The third-order valence-corrected chi connectivity index (χ3v) is 4.23. The smallest absolute Gasteiger partial charge is 0.186 e. The van der Waals surface area contributed by atoms with Gasteiger partial charge in [-0.25, -0.2) is 0 Å². The predicted octanol–water partition coefficient (Wildman–Crippen LogP) is 2.17. The molecule has 2 aliphatic heterocycles. The highest BCUT2D eigenvalue weighted by Crippen LogP contribution is 2.21. The van der Waals surface area contributed by atoms with Gasteiger partial charge in [-0.05, 0) is 30.5 Å². The zero-order valence-electron chi connectivity index (χ0n) is 10.2. The number of benzene rings is 1. The quantitative estimate of drug-likeness (QED) is 0.787. The molecule has 0 aliphatic carbocycles. The standard InChI is InChI=1S/C13H16N4S/c14-11-5-3-10(4-6-11)12-9-18-13(16-15-12)17-7-1-2-8-17/h3-6H,1-2,7-9,14H2. The topological polar surface area (TPSA) is 54.0 Å². The molecule has 1 aromatic carbocycles. The first kappa shape index (κ1) is 11.6. The van der Waals surface area contributed by atoms with E-state index in [4.69, 9.17) is 5.73 Å². The van der Waals surface area contributed by atoms with Crippen LogP contribution in [0.5, 0.6) is 0 Å². The van der Waals surface area contributed by atoms with E-state index in [1.54, 1.807) is 11.8 Å². The minimum absolute atomic E-state index is 0.782. The van der Waals surface area contributed by atoms with Gasteiger partial charge in [-0.15, -0.1) is 5.10 Å². The molecule has 0 atom stereocenters. The average Bonchev–Trinajstić information content (AvgIpc) is 2.94. The van der Waals surface area contributed by atoms with Crippen molar-refractivity contribution in [1.82, 2.24) is 4.90 Å². The molecule has 94 valence electrons. The first-order valence-corrected chi connectivity index (χ1v) is 7.20. The molecule has 0 aromatic heterocycles. The molecule has 3 rings (SSSR count). The van der Waals surface area contributed by atoms with Gasteiger partial charge in [0.05, 0.1) is 5.71 Å². The average molecular weight is 260 g/mol. The van der Waals surface area contributed by atoms with E-state index in [-0.39, 0.29) is 0 Å². The first-order chi connectivity index (χ1) is 8.83. The first-order valence-electron chi connectivity index (χ1n) is 6.21. The van der Waals surface area contributed by atoms with Crippen molar-refractivity contribution in [2.75, 3.05) is 24.6 Å². The minimum Gasteiger partial charge on any atom is -0.399 e. The summed E-state index contributed by atoms with van der Waals surface area (Å²) in [6.45, 7) is 2.25. The maximum absolute atomic E-state index is 5.68. The van der Waals surface area contributed by atoms with Crippen molar-refractivity contribution in [3.05, 3.63) is 29.8 Å². The third kappa shape index (κ3) is 2.36. The maximum Gasteiger partial charge on any atom is 0.186 e. The summed E-state index contributed by atoms with van der Waals surface area (Å²) in [5, 5.41) is 9.79. The van der Waals surface area contributed by atoms with Crippen molar-refractivity contribution in [1.29, 1.82) is 0 Å². The van der Waals surface area contributed by atoms with Crippen molar-refractivity contribution in [3.63, 3.8) is 0 Å². The van der Waals surface area contributed by atoms with Gasteiger partial charge in [0.1, 0.15) is 0 Å². The number of anilines is 1. The number of thioether (sulfide) groups is 1. The van der Waals surface area contributed by atoms with Gasteiger partial charge in [0.15, 0.2) is 5.17 Å². The van der Waals surface area contributed by atoms with Crippen LogP contribution in [-0.4, -0.2) is 34.6 Å². The van der Waals surface area contributed by atoms with Gasteiger partial charge in [-0.1, -0.05) is 23.9 Å². The molecule has 1 aromatic rings. The van der Waals surface area contributed by atoms with Gasteiger partial charge in [0.25, 0.3) is 0 Å². The summed E-state index contributed by atoms with van der Waals surface area (Å²) in [6.07, 6.45) is 2.54. The van der Waals surface area contributed by atoms with Crippen LogP contribution in [0.4, 0.5) is 5.69 Å². The van der Waals surface area contributed by atoms with Gasteiger partial charge in [0, 0.05) is 24.5 Å².